The van der Waals surface area contributed by atoms with Crippen LogP contribution in [0.3, 0.4) is 0 Å². The Morgan fingerprint density at radius 3 is 2.71 bits per heavy atom. The van der Waals surface area contributed by atoms with Crippen LogP contribution in [0.2, 0.25) is 0 Å². The van der Waals surface area contributed by atoms with E-state index in [2.05, 4.69) is 7.37 Å². The van der Waals surface area contributed by atoms with Gasteiger partial charge < -0.3 is 0 Å². The summed E-state index contributed by atoms with van der Waals surface area (Å²) in [6.45, 7) is -0.0414. The van der Waals surface area contributed by atoms with Gasteiger partial charge in [0.25, 0.3) is 0 Å². The first-order valence-electron chi connectivity index (χ1n) is 6.52. The molecule has 6 nitrogen and oxygen atoms in total. The molecule has 0 saturated carbocycles. The van der Waals surface area contributed by atoms with Crippen LogP contribution in [0.5, 0.6) is 0 Å². The summed E-state index contributed by atoms with van der Waals surface area (Å²) >= 11 is 0. The predicted molar refractivity (Wildman–Crippen MR) is 78.8 cm³/mol. The summed E-state index contributed by atoms with van der Waals surface area (Å²) in [6, 6.07) is 8.62. The molecule has 1 saturated heterocycles. The van der Waals surface area contributed by atoms with E-state index in [4.69, 9.17) is 18.8 Å². The molecule has 4 atom stereocenters. The van der Waals surface area contributed by atoms with Gasteiger partial charge in [0.15, 0.2) is 0 Å². The summed E-state index contributed by atoms with van der Waals surface area (Å²) in [6.07, 6.45) is -3.02. The number of aliphatic hydroxyl groups is 1. The van der Waals surface area contributed by atoms with Gasteiger partial charge in [-0.2, -0.15) is 0 Å². The fraction of sp³-hybridized carbons (Fsp3) is 0.417. The minimum absolute atomic E-state index is 0.0414. The third kappa shape index (κ3) is 3.81. The van der Waals surface area contributed by atoms with Gasteiger partial charge in [0.05, 0.1) is 0 Å². The summed E-state index contributed by atoms with van der Waals surface area (Å²) in [4.78, 5) is 11.9. The Kier molecular flexibility index (Phi) is 5.72. The van der Waals surface area contributed by atoms with E-state index in [1.807, 2.05) is 6.07 Å². The maximum atomic E-state index is 11.9. The number of hydrogen-bond acceptors (Lipinski definition) is 6. The molecule has 1 heterocycles. The minimum atomic E-state index is -1.16. The van der Waals surface area contributed by atoms with Gasteiger partial charge >= 0.3 is 124 Å². The number of esters is 1. The Hall–Kier alpha value is -1.44. The molecule has 1 aromatic carbocycles. The van der Waals surface area contributed by atoms with Crippen molar-refractivity contribution in [2.45, 2.75) is 24.6 Å². The zero-order valence-corrected chi connectivity index (χ0v) is 11.7. The Balaban J connectivity index is 1.93. The van der Waals surface area contributed by atoms with E-state index in [9.17, 15) is 9.90 Å². The van der Waals surface area contributed by atoms with E-state index in [-0.39, 0.29) is 6.61 Å². The van der Waals surface area contributed by atoms with Crippen molar-refractivity contribution in [2.24, 2.45) is 0 Å². The number of ether oxygens (including phenoxy) is 2. The van der Waals surface area contributed by atoms with E-state index in [0.717, 1.165) is 0 Å². The predicted octanol–water partition coefficient (Wildman–Crippen LogP) is -1.69. The summed E-state index contributed by atoms with van der Waals surface area (Å²) in [5.74, 6) is -0.461. The molecule has 0 aromatic heterocycles. The molecule has 0 aliphatic carbocycles. The summed E-state index contributed by atoms with van der Waals surface area (Å²) in [7, 11) is 6.12. The molecule has 1 N–H and O–H groups in total. The SMILES string of the molecule is B=BO[C@H]1C(O)O[C@H](COC(=O)c2ccccc2)[C@H]1OB. The number of aliphatic hydroxyl groups excluding tert-OH is 1. The number of hydrogen-bond donors (Lipinski definition) is 1. The van der Waals surface area contributed by atoms with E-state index < -0.39 is 30.6 Å². The third-order valence-corrected chi connectivity index (χ3v) is 3.20. The third-order valence-electron chi connectivity index (χ3n) is 3.20. The van der Waals surface area contributed by atoms with Crippen molar-refractivity contribution < 1.29 is 28.7 Å². The molecule has 21 heavy (non-hydrogen) atoms. The Morgan fingerprint density at radius 1 is 1.38 bits per heavy atom. The molecule has 1 fully saturated rings. The molecule has 0 spiro atoms. The molecular weight excluding hydrogens is 273 g/mol. The fourth-order valence-corrected chi connectivity index (χ4v) is 2.20. The summed E-state index contributed by atoms with van der Waals surface area (Å²) in [5, 5.41) is 9.76. The topological polar surface area (TPSA) is 74.2 Å². The van der Waals surface area contributed by atoms with Crippen LogP contribution in [-0.4, -0.2) is 64.7 Å². The second-order valence-corrected chi connectivity index (χ2v) is 4.50. The van der Waals surface area contributed by atoms with Crippen LogP contribution >= 0.6 is 0 Å². The molecular formula is C12H15B3O6. The zero-order valence-electron chi connectivity index (χ0n) is 11.7. The quantitative estimate of drug-likeness (QED) is 0.497. The number of carbonyl (C=O) groups excluding carboxylic acids is 1. The standard InChI is InChI=1S/C12H15B3O6/c13-15-21-10-9(20-14)8(19-12(10)17)6-18-11(16)7-4-2-1-3-5-7/h1-5,8-10,12-13,17H,6,14H2/t8-,9-,10-,12?/m1/s1. The van der Waals surface area contributed by atoms with Crippen molar-refractivity contribution in [3.8, 4) is 0 Å². The normalized spacial score (nSPS) is 27.8. The van der Waals surface area contributed by atoms with Gasteiger partial charge in [0.1, 0.15) is 0 Å². The van der Waals surface area contributed by atoms with Crippen molar-refractivity contribution in [3.63, 3.8) is 0 Å². The molecule has 108 valence electrons. The summed E-state index contributed by atoms with van der Waals surface area (Å²) in [5.41, 5.74) is 0.448. The van der Waals surface area contributed by atoms with Gasteiger partial charge in [0.2, 0.25) is 0 Å². The second kappa shape index (κ2) is 7.54. The van der Waals surface area contributed by atoms with E-state index >= 15 is 0 Å². The zero-order chi connectivity index (χ0) is 15.2. The van der Waals surface area contributed by atoms with Crippen molar-refractivity contribution in [2.75, 3.05) is 6.61 Å². The average Bonchev–Trinajstić information content (AvgIpc) is 2.81. The first-order chi connectivity index (χ1) is 10.2. The van der Waals surface area contributed by atoms with Crippen molar-refractivity contribution in [1.82, 2.24) is 0 Å². The van der Waals surface area contributed by atoms with Gasteiger partial charge in [-0.15, -0.1) is 0 Å². The molecule has 1 aromatic rings. The van der Waals surface area contributed by atoms with E-state index in [1.165, 1.54) is 15.1 Å². The van der Waals surface area contributed by atoms with Crippen LogP contribution in [0.15, 0.2) is 30.3 Å². The molecule has 9 heteroatoms. The first kappa shape index (κ1) is 15.9. The molecule has 1 unspecified atom stereocenters. The average molecular weight is 288 g/mol. The van der Waals surface area contributed by atoms with Crippen molar-refractivity contribution in [3.05, 3.63) is 35.9 Å². The number of rotatable bonds is 6. The van der Waals surface area contributed by atoms with E-state index in [1.54, 1.807) is 24.3 Å². The van der Waals surface area contributed by atoms with Gasteiger partial charge in [0, 0.05) is 0 Å². The molecule has 1 aliphatic rings. The van der Waals surface area contributed by atoms with Crippen LogP contribution < -0.4 is 0 Å². The van der Waals surface area contributed by atoms with Crippen molar-refractivity contribution >= 4 is 28.4 Å². The Labute approximate surface area is 125 Å². The molecule has 0 radical (unpaired) electrons. The van der Waals surface area contributed by atoms with Crippen LogP contribution in [0, 0.1) is 0 Å². The van der Waals surface area contributed by atoms with Crippen LogP contribution in [0.1, 0.15) is 10.4 Å². The van der Waals surface area contributed by atoms with Gasteiger partial charge in [-0.25, -0.2) is 0 Å². The van der Waals surface area contributed by atoms with E-state index in [0.29, 0.717) is 5.56 Å². The van der Waals surface area contributed by atoms with Crippen LogP contribution in [0.25, 0.3) is 0 Å². The number of benzene rings is 1. The molecule has 1 aliphatic heterocycles. The summed E-state index contributed by atoms with van der Waals surface area (Å²) < 4.78 is 20.9. The molecule has 0 bridgehead atoms. The second-order valence-electron chi connectivity index (χ2n) is 4.50. The Morgan fingerprint density at radius 2 is 2.10 bits per heavy atom. The number of carbonyl (C=O) groups is 1. The molecule has 0 amide bonds. The van der Waals surface area contributed by atoms with Crippen molar-refractivity contribution in [1.29, 1.82) is 0 Å². The first-order valence-corrected chi connectivity index (χ1v) is 6.52. The van der Waals surface area contributed by atoms with Gasteiger partial charge in [-0.05, 0) is 0 Å². The monoisotopic (exact) mass is 288 g/mol. The Bertz CT molecular complexity index is 485. The van der Waals surface area contributed by atoms with Gasteiger partial charge in [-0.1, -0.05) is 0 Å². The molecule has 2 rings (SSSR count). The fourth-order valence-electron chi connectivity index (χ4n) is 2.20. The van der Waals surface area contributed by atoms with Gasteiger partial charge in [-0.3, -0.25) is 0 Å². The maximum absolute atomic E-state index is 11.9. The van der Waals surface area contributed by atoms with Crippen LogP contribution in [-0.2, 0) is 18.8 Å². The van der Waals surface area contributed by atoms with Crippen LogP contribution in [0.4, 0.5) is 0 Å².